The Morgan fingerprint density at radius 3 is 2.46 bits per heavy atom. The summed E-state index contributed by atoms with van der Waals surface area (Å²) in [5.74, 6) is -1.08. The molecule has 0 spiro atoms. The van der Waals surface area contributed by atoms with Crippen molar-refractivity contribution in [1.29, 1.82) is 0 Å². The van der Waals surface area contributed by atoms with Gasteiger partial charge < -0.3 is 5.11 Å². The summed E-state index contributed by atoms with van der Waals surface area (Å²) in [4.78, 5) is 10.2. The monoisotopic (exact) mass is 210 g/mol. The molecule has 0 amide bonds. The van der Waals surface area contributed by atoms with E-state index in [0.29, 0.717) is 0 Å². The molecule has 2 N–H and O–H groups in total. The van der Waals surface area contributed by atoms with Gasteiger partial charge in [-0.25, -0.2) is 8.98 Å². The fraction of sp³-hybridized carbons (Fsp3) is 0.500. The molecule has 0 fully saturated rings. The first kappa shape index (κ1) is 12.1. The third kappa shape index (κ3) is 7.44. The van der Waals surface area contributed by atoms with Crippen LogP contribution in [0.3, 0.4) is 0 Å². The van der Waals surface area contributed by atoms with Crippen LogP contribution >= 0.6 is 0 Å². The summed E-state index contributed by atoms with van der Waals surface area (Å²) < 4.78 is 32.1. The summed E-state index contributed by atoms with van der Waals surface area (Å²) in [5, 5.41) is 8.36. The van der Waals surface area contributed by atoms with E-state index in [9.17, 15) is 13.2 Å². The van der Waals surface area contributed by atoms with E-state index in [1.807, 2.05) is 0 Å². The molecule has 6 nitrogen and oxygen atoms in total. The zero-order valence-electron chi connectivity index (χ0n) is 6.93. The Kier molecular flexibility index (Phi) is 4.60. The van der Waals surface area contributed by atoms with Crippen LogP contribution in [0.4, 0.5) is 0 Å². The first-order valence-corrected chi connectivity index (χ1v) is 4.71. The number of carboxylic acids is 1. The molecule has 0 aromatic heterocycles. The summed E-state index contributed by atoms with van der Waals surface area (Å²) in [6.07, 6.45) is 1.41. The number of hydrogen-bond acceptors (Lipinski definition) is 4. The smallest absolute Gasteiger partial charge is 0.397 e. The lowest BCUT2D eigenvalue weighted by molar-refractivity contribution is -0.132. The number of carbonyl (C=O) groups is 1. The van der Waals surface area contributed by atoms with Crippen LogP contribution in [0.1, 0.15) is 13.3 Å². The van der Waals surface area contributed by atoms with E-state index in [1.54, 1.807) is 0 Å². The summed E-state index contributed by atoms with van der Waals surface area (Å²) in [6, 6.07) is 0. The van der Waals surface area contributed by atoms with Gasteiger partial charge >= 0.3 is 16.4 Å². The van der Waals surface area contributed by atoms with E-state index in [0.717, 1.165) is 0 Å². The predicted molar refractivity (Wildman–Crippen MR) is 43.5 cm³/mol. The van der Waals surface area contributed by atoms with Gasteiger partial charge in [0.1, 0.15) is 0 Å². The van der Waals surface area contributed by atoms with Crippen molar-refractivity contribution in [2.75, 3.05) is 6.61 Å². The SMILES string of the molecule is CC(=CCCOS(=O)(=O)O)C(=O)O. The largest absolute Gasteiger partial charge is 0.478 e. The Bertz CT molecular complexity index is 301. The summed E-state index contributed by atoms with van der Waals surface area (Å²) in [7, 11) is -4.42. The van der Waals surface area contributed by atoms with Crippen molar-refractivity contribution in [3.63, 3.8) is 0 Å². The van der Waals surface area contributed by atoms with Crippen LogP contribution in [0.15, 0.2) is 11.6 Å². The lowest BCUT2D eigenvalue weighted by Gasteiger charge is -1.96. The number of aliphatic carboxylic acids is 1. The highest BCUT2D eigenvalue weighted by Gasteiger charge is 2.03. The second-order valence-electron chi connectivity index (χ2n) is 2.23. The molecule has 0 saturated carbocycles. The van der Waals surface area contributed by atoms with E-state index in [4.69, 9.17) is 9.66 Å². The Morgan fingerprint density at radius 1 is 1.54 bits per heavy atom. The second-order valence-corrected chi connectivity index (χ2v) is 3.32. The van der Waals surface area contributed by atoms with Crippen molar-refractivity contribution in [3.8, 4) is 0 Å². The fourth-order valence-corrected chi connectivity index (χ4v) is 0.823. The second kappa shape index (κ2) is 4.95. The third-order valence-electron chi connectivity index (χ3n) is 1.14. The van der Waals surface area contributed by atoms with E-state index in [-0.39, 0.29) is 18.6 Å². The summed E-state index contributed by atoms with van der Waals surface area (Å²) >= 11 is 0. The Morgan fingerprint density at radius 2 is 2.08 bits per heavy atom. The average molecular weight is 210 g/mol. The Hall–Kier alpha value is -0.920. The minimum absolute atomic E-state index is 0.0962. The standard InChI is InChI=1S/C6H10O6S/c1-5(6(7)8)3-2-4-12-13(9,10)11/h3H,2,4H2,1H3,(H,7,8)(H,9,10,11). The van der Waals surface area contributed by atoms with Crippen LogP contribution in [-0.4, -0.2) is 30.7 Å². The lowest BCUT2D eigenvalue weighted by Crippen LogP contribution is -2.04. The molecule has 0 aromatic carbocycles. The van der Waals surface area contributed by atoms with Crippen LogP contribution in [0.5, 0.6) is 0 Å². The van der Waals surface area contributed by atoms with Crippen LogP contribution in [-0.2, 0) is 19.4 Å². The van der Waals surface area contributed by atoms with Gasteiger partial charge in [-0.05, 0) is 13.3 Å². The Labute approximate surface area is 75.8 Å². The molecule has 0 aliphatic carbocycles. The molecule has 7 heteroatoms. The molecule has 0 bridgehead atoms. The van der Waals surface area contributed by atoms with Crippen molar-refractivity contribution in [3.05, 3.63) is 11.6 Å². The highest BCUT2D eigenvalue weighted by atomic mass is 32.3. The molecule has 13 heavy (non-hydrogen) atoms. The molecule has 0 radical (unpaired) electrons. The van der Waals surface area contributed by atoms with Gasteiger partial charge in [-0.1, -0.05) is 6.08 Å². The first-order valence-electron chi connectivity index (χ1n) is 3.35. The van der Waals surface area contributed by atoms with E-state index in [1.165, 1.54) is 13.0 Å². The van der Waals surface area contributed by atoms with Crippen LogP contribution in [0.2, 0.25) is 0 Å². The lowest BCUT2D eigenvalue weighted by atomic mass is 10.2. The van der Waals surface area contributed by atoms with Crippen molar-refractivity contribution >= 4 is 16.4 Å². The third-order valence-corrected chi connectivity index (χ3v) is 1.60. The number of rotatable bonds is 5. The topological polar surface area (TPSA) is 101 Å². The van der Waals surface area contributed by atoms with Gasteiger partial charge in [0.2, 0.25) is 0 Å². The van der Waals surface area contributed by atoms with Gasteiger partial charge in [0, 0.05) is 5.57 Å². The van der Waals surface area contributed by atoms with Crippen molar-refractivity contribution in [1.82, 2.24) is 0 Å². The average Bonchev–Trinajstić information content (AvgIpc) is 1.95. The Balaban J connectivity index is 3.81. The van der Waals surface area contributed by atoms with E-state index >= 15 is 0 Å². The van der Waals surface area contributed by atoms with Gasteiger partial charge in [-0.3, -0.25) is 4.55 Å². The molecule has 0 atom stereocenters. The predicted octanol–water partition coefficient (Wildman–Crippen LogP) is 0.227. The maximum atomic E-state index is 10.2. The quantitative estimate of drug-likeness (QED) is 0.382. The van der Waals surface area contributed by atoms with E-state index < -0.39 is 16.4 Å². The van der Waals surface area contributed by atoms with Crippen LogP contribution < -0.4 is 0 Å². The molecule has 76 valence electrons. The van der Waals surface area contributed by atoms with Crippen LogP contribution in [0.25, 0.3) is 0 Å². The normalized spacial score (nSPS) is 12.9. The molecule has 0 saturated heterocycles. The molecule has 0 heterocycles. The molecular formula is C6H10O6S. The molecule has 0 unspecified atom stereocenters. The number of carboxylic acid groups (broad SMARTS) is 1. The molecule has 0 rings (SSSR count). The first-order chi connectivity index (χ1) is 5.83. The molecule has 0 aliphatic heterocycles. The molecule has 0 aliphatic rings. The zero-order chi connectivity index (χ0) is 10.5. The molecule has 0 aromatic rings. The van der Waals surface area contributed by atoms with Gasteiger partial charge in [0.25, 0.3) is 0 Å². The summed E-state index contributed by atoms with van der Waals surface area (Å²) in [5.41, 5.74) is 0.0962. The highest BCUT2D eigenvalue weighted by Crippen LogP contribution is 1.97. The number of hydrogen-bond donors (Lipinski definition) is 2. The highest BCUT2D eigenvalue weighted by molar-refractivity contribution is 7.80. The van der Waals surface area contributed by atoms with Gasteiger partial charge in [0.05, 0.1) is 6.61 Å². The van der Waals surface area contributed by atoms with Gasteiger partial charge in [0.15, 0.2) is 0 Å². The maximum absolute atomic E-state index is 10.2. The molecular weight excluding hydrogens is 200 g/mol. The fourth-order valence-electron chi connectivity index (χ4n) is 0.516. The maximum Gasteiger partial charge on any atom is 0.397 e. The van der Waals surface area contributed by atoms with E-state index in [2.05, 4.69) is 4.18 Å². The van der Waals surface area contributed by atoms with Crippen molar-refractivity contribution < 1.29 is 27.1 Å². The van der Waals surface area contributed by atoms with Crippen LogP contribution in [0, 0.1) is 0 Å². The minimum Gasteiger partial charge on any atom is -0.478 e. The zero-order valence-corrected chi connectivity index (χ0v) is 7.74. The van der Waals surface area contributed by atoms with Gasteiger partial charge in [-0.15, -0.1) is 0 Å². The minimum atomic E-state index is -4.42. The van der Waals surface area contributed by atoms with Crippen molar-refractivity contribution in [2.24, 2.45) is 0 Å². The van der Waals surface area contributed by atoms with Gasteiger partial charge in [-0.2, -0.15) is 8.42 Å². The van der Waals surface area contributed by atoms with Crippen molar-refractivity contribution in [2.45, 2.75) is 13.3 Å². The summed E-state index contributed by atoms with van der Waals surface area (Å²) in [6.45, 7) is 1.10.